The molecular formula is C16H21ClN2O. The largest absolute Gasteiger partial charge is 0.274 e. The number of fused-ring (bicyclic) bond motifs is 1. The Morgan fingerprint density at radius 2 is 1.85 bits per heavy atom. The molecule has 0 bridgehead atoms. The van der Waals surface area contributed by atoms with Crippen LogP contribution in [0.3, 0.4) is 0 Å². The van der Waals surface area contributed by atoms with Crippen LogP contribution in [0.15, 0.2) is 24.3 Å². The van der Waals surface area contributed by atoms with E-state index in [0.29, 0.717) is 5.69 Å². The maximum Gasteiger partial charge on any atom is 0.273 e. The van der Waals surface area contributed by atoms with E-state index in [0.717, 1.165) is 23.9 Å². The molecule has 2 aromatic rings. The topological polar surface area (TPSA) is 34.9 Å². The molecule has 0 aliphatic heterocycles. The number of hydrogen-bond acceptors (Lipinski definition) is 2. The molecule has 1 aromatic heterocycles. The Kier molecular flexibility index (Phi) is 5.60. The molecule has 0 spiro atoms. The van der Waals surface area contributed by atoms with Gasteiger partial charge in [0.15, 0.2) is 5.69 Å². The lowest BCUT2D eigenvalue weighted by atomic mass is 10.1. The molecule has 4 heteroatoms. The van der Waals surface area contributed by atoms with Gasteiger partial charge in [-0.3, -0.25) is 9.48 Å². The van der Waals surface area contributed by atoms with Crippen molar-refractivity contribution in [1.82, 2.24) is 9.78 Å². The molecule has 1 heterocycles. The number of carbonyl (C=O) groups is 1. The number of aryl methyl sites for hydroxylation is 1. The first-order valence-corrected chi connectivity index (χ1v) is 7.77. The first-order valence-electron chi connectivity index (χ1n) is 7.39. The minimum atomic E-state index is -0.483. The third-order valence-corrected chi connectivity index (χ3v) is 3.75. The molecule has 0 amide bonds. The zero-order chi connectivity index (χ0) is 14.4. The number of nitrogens with zero attached hydrogens (tertiary/aromatic N) is 2. The van der Waals surface area contributed by atoms with Crippen LogP contribution in [0, 0.1) is 0 Å². The second kappa shape index (κ2) is 7.44. The van der Waals surface area contributed by atoms with Crippen LogP contribution in [0.4, 0.5) is 0 Å². The summed E-state index contributed by atoms with van der Waals surface area (Å²) >= 11 is 5.60. The molecule has 0 radical (unpaired) electrons. The summed E-state index contributed by atoms with van der Waals surface area (Å²) in [6, 6.07) is 7.76. The first-order chi connectivity index (χ1) is 9.74. The summed E-state index contributed by atoms with van der Waals surface area (Å²) in [5, 5.41) is 4.72. The number of unbranched alkanes of at least 4 members (excludes halogenated alkanes) is 5. The standard InChI is InChI=1S/C16H21ClN2O/c1-2-3-4-5-6-9-12-19-14-11-8-7-10-13(14)15(18-19)16(17)20/h7-8,10-11H,2-6,9,12H2,1H3. The van der Waals surface area contributed by atoms with Crippen molar-refractivity contribution in [2.45, 2.75) is 52.0 Å². The minimum absolute atomic E-state index is 0.369. The minimum Gasteiger partial charge on any atom is -0.274 e. The van der Waals surface area contributed by atoms with Crippen LogP contribution in [0.25, 0.3) is 10.9 Å². The number of rotatable bonds is 8. The summed E-state index contributed by atoms with van der Waals surface area (Å²) in [7, 11) is 0. The van der Waals surface area contributed by atoms with Gasteiger partial charge in [-0.15, -0.1) is 0 Å². The van der Waals surface area contributed by atoms with Gasteiger partial charge < -0.3 is 0 Å². The molecule has 0 saturated heterocycles. The van der Waals surface area contributed by atoms with E-state index in [9.17, 15) is 4.79 Å². The lowest BCUT2D eigenvalue weighted by Gasteiger charge is -2.03. The van der Waals surface area contributed by atoms with Gasteiger partial charge in [0.25, 0.3) is 5.24 Å². The molecule has 0 aliphatic rings. The fourth-order valence-corrected chi connectivity index (χ4v) is 2.62. The zero-order valence-electron chi connectivity index (χ0n) is 11.9. The number of hydrogen-bond donors (Lipinski definition) is 0. The first kappa shape index (κ1) is 15.0. The average molecular weight is 293 g/mol. The molecule has 0 aliphatic carbocycles. The number of para-hydroxylation sites is 1. The summed E-state index contributed by atoms with van der Waals surface area (Å²) < 4.78 is 1.91. The van der Waals surface area contributed by atoms with Crippen LogP contribution in [0.2, 0.25) is 0 Å². The van der Waals surface area contributed by atoms with Crippen LogP contribution in [0.5, 0.6) is 0 Å². The van der Waals surface area contributed by atoms with E-state index in [1.165, 1.54) is 32.1 Å². The average Bonchev–Trinajstić information content (AvgIpc) is 2.82. The Labute approximate surface area is 124 Å². The Morgan fingerprint density at radius 1 is 1.15 bits per heavy atom. The molecule has 0 N–H and O–H groups in total. The van der Waals surface area contributed by atoms with Gasteiger partial charge in [0.05, 0.1) is 5.52 Å². The Morgan fingerprint density at radius 3 is 2.60 bits per heavy atom. The summed E-state index contributed by atoms with van der Waals surface area (Å²) in [6.45, 7) is 3.07. The highest BCUT2D eigenvalue weighted by atomic mass is 35.5. The van der Waals surface area contributed by atoms with Crippen molar-refractivity contribution < 1.29 is 4.79 Å². The smallest absolute Gasteiger partial charge is 0.273 e. The van der Waals surface area contributed by atoms with Crippen LogP contribution in [-0.2, 0) is 6.54 Å². The molecule has 0 saturated carbocycles. The van der Waals surface area contributed by atoms with Gasteiger partial charge in [0, 0.05) is 11.9 Å². The highest BCUT2D eigenvalue weighted by molar-refractivity contribution is 6.68. The summed E-state index contributed by atoms with van der Waals surface area (Å²) in [5.74, 6) is 0. The van der Waals surface area contributed by atoms with Crippen LogP contribution >= 0.6 is 11.6 Å². The summed E-state index contributed by atoms with van der Waals surface area (Å²) in [6.07, 6.45) is 7.46. The van der Waals surface area contributed by atoms with Crippen molar-refractivity contribution in [3.8, 4) is 0 Å². The summed E-state index contributed by atoms with van der Waals surface area (Å²) in [4.78, 5) is 11.4. The van der Waals surface area contributed by atoms with Gasteiger partial charge in [0.2, 0.25) is 0 Å². The fraction of sp³-hybridized carbons (Fsp3) is 0.500. The molecule has 0 atom stereocenters. The second-order valence-electron chi connectivity index (χ2n) is 5.13. The maximum atomic E-state index is 11.4. The predicted octanol–water partition coefficient (Wildman–Crippen LogP) is 4.78. The third-order valence-electron chi connectivity index (χ3n) is 3.57. The highest BCUT2D eigenvalue weighted by Crippen LogP contribution is 2.20. The monoisotopic (exact) mass is 292 g/mol. The fourth-order valence-electron chi connectivity index (χ4n) is 2.48. The second-order valence-corrected chi connectivity index (χ2v) is 5.47. The maximum absolute atomic E-state index is 11.4. The molecule has 2 rings (SSSR count). The van der Waals surface area contributed by atoms with E-state index in [1.807, 2.05) is 28.9 Å². The van der Waals surface area contributed by atoms with E-state index in [-0.39, 0.29) is 0 Å². The zero-order valence-corrected chi connectivity index (χ0v) is 12.7. The lowest BCUT2D eigenvalue weighted by molar-refractivity contribution is 0.107. The van der Waals surface area contributed by atoms with Gasteiger partial charge in [0.1, 0.15) is 0 Å². The van der Waals surface area contributed by atoms with Crippen LogP contribution in [0.1, 0.15) is 55.9 Å². The van der Waals surface area contributed by atoms with E-state index in [2.05, 4.69) is 12.0 Å². The summed E-state index contributed by atoms with van der Waals surface area (Å²) in [5.41, 5.74) is 1.36. The molecule has 3 nitrogen and oxygen atoms in total. The highest BCUT2D eigenvalue weighted by Gasteiger charge is 2.14. The Hall–Kier alpha value is -1.35. The van der Waals surface area contributed by atoms with Gasteiger partial charge in [-0.2, -0.15) is 5.10 Å². The molecule has 0 fully saturated rings. The van der Waals surface area contributed by atoms with Crippen molar-refractivity contribution >= 4 is 27.7 Å². The quantitative estimate of drug-likeness (QED) is 0.518. The Balaban J connectivity index is 2.01. The SMILES string of the molecule is CCCCCCCCn1nc(C(=O)Cl)c2ccccc21. The normalized spacial score (nSPS) is 11.1. The number of benzene rings is 1. The van der Waals surface area contributed by atoms with Crippen molar-refractivity contribution in [3.05, 3.63) is 30.0 Å². The molecule has 0 unspecified atom stereocenters. The van der Waals surface area contributed by atoms with Crippen LogP contribution in [-0.4, -0.2) is 15.0 Å². The van der Waals surface area contributed by atoms with Crippen molar-refractivity contribution in [3.63, 3.8) is 0 Å². The Bertz CT molecular complexity index is 577. The molecular weight excluding hydrogens is 272 g/mol. The predicted molar refractivity (Wildman–Crippen MR) is 83.3 cm³/mol. The lowest BCUT2D eigenvalue weighted by Crippen LogP contribution is -2.01. The molecule has 108 valence electrons. The van der Waals surface area contributed by atoms with Gasteiger partial charge in [-0.25, -0.2) is 0 Å². The third kappa shape index (κ3) is 3.60. The van der Waals surface area contributed by atoms with Crippen LogP contribution < -0.4 is 0 Å². The van der Waals surface area contributed by atoms with Gasteiger partial charge in [-0.1, -0.05) is 57.2 Å². The van der Waals surface area contributed by atoms with E-state index >= 15 is 0 Å². The molecule has 1 aromatic carbocycles. The van der Waals surface area contributed by atoms with E-state index in [4.69, 9.17) is 11.6 Å². The number of halogens is 1. The van der Waals surface area contributed by atoms with E-state index in [1.54, 1.807) is 0 Å². The van der Waals surface area contributed by atoms with Gasteiger partial charge >= 0.3 is 0 Å². The number of carbonyl (C=O) groups excluding carboxylic acids is 1. The number of aromatic nitrogens is 2. The van der Waals surface area contributed by atoms with Gasteiger partial charge in [-0.05, 0) is 24.1 Å². The van der Waals surface area contributed by atoms with Crippen molar-refractivity contribution in [1.29, 1.82) is 0 Å². The van der Waals surface area contributed by atoms with Crippen molar-refractivity contribution in [2.24, 2.45) is 0 Å². The molecule has 20 heavy (non-hydrogen) atoms. The van der Waals surface area contributed by atoms with Crippen molar-refractivity contribution in [2.75, 3.05) is 0 Å². The van der Waals surface area contributed by atoms with E-state index < -0.39 is 5.24 Å².